The van der Waals surface area contributed by atoms with E-state index in [4.69, 9.17) is 5.11 Å². The molecule has 0 spiro atoms. The number of nitrogens with zero attached hydrogens (tertiary/aromatic N) is 1. The molecule has 1 amide bonds. The largest absolute Gasteiger partial charge is 0.481 e. The fraction of sp³-hybridized carbons (Fsp3) is 0.529. The van der Waals surface area contributed by atoms with Crippen molar-refractivity contribution >= 4 is 21.9 Å². The summed E-state index contributed by atoms with van der Waals surface area (Å²) in [6, 6.07) is 5.09. The zero-order valence-corrected chi connectivity index (χ0v) is 15.3. The molecule has 0 unspecified atom stereocenters. The minimum absolute atomic E-state index is 0.0926. The highest BCUT2D eigenvalue weighted by Crippen LogP contribution is 2.25. The molecule has 1 aromatic rings. The fourth-order valence-electron chi connectivity index (χ4n) is 2.82. The van der Waals surface area contributed by atoms with Crippen molar-refractivity contribution in [3.8, 4) is 0 Å². The van der Waals surface area contributed by atoms with Gasteiger partial charge in [0.1, 0.15) is 0 Å². The number of aryl methyl sites for hydroxylation is 2. The first kappa shape index (κ1) is 19.4. The molecule has 138 valence electrons. The first-order valence-electron chi connectivity index (χ1n) is 8.28. The van der Waals surface area contributed by atoms with E-state index < -0.39 is 16.0 Å². The number of carbonyl (C=O) groups is 2. The molecule has 2 N–H and O–H groups in total. The summed E-state index contributed by atoms with van der Waals surface area (Å²) in [5, 5.41) is 11.2. The Bertz CT molecular complexity index is 752. The molecule has 1 saturated heterocycles. The number of hydrogen-bond acceptors (Lipinski definition) is 4. The molecule has 1 fully saturated rings. The summed E-state index contributed by atoms with van der Waals surface area (Å²) >= 11 is 0. The molecule has 1 heterocycles. The summed E-state index contributed by atoms with van der Waals surface area (Å²) in [4.78, 5) is 22.8. The van der Waals surface area contributed by atoms with Crippen molar-refractivity contribution in [2.75, 3.05) is 19.6 Å². The molecule has 0 radical (unpaired) electrons. The van der Waals surface area contributed by atoms with Crippen LogP contribution in [0.25, 0.3) is 0 Å². The lowest BCUT2D eigenvalue weighted by atomic mass is 9.97. The Hall–Kier alpha value is -1.93. The van der Waals surface area contributed by atoms with Gasteiger partial charge in [-0.1, -0.05) is 6.07 Å². The first-order valence-corrected chi connectivity index (χ1v) is 9.72. The van der Waals surface area contributed by atoms with Crippen LogP contribution >= 0.6 is 0 Å². The van der Waals surface area contributed by atoms with Crippen molar-refractivity contribution in [1.29, 1.82) is 0 Å². The predicted molar refractivity (Wildman–Crippen MR) is 92.7 cm³/mol. The van der Waals surface area contributed by atoms with Crippen molar-refractivity contribution < 1.29 is 23.1 Å². The third kappa shape index (κ3) is 4.79. The number of piperidine rings is 1. The zero-order chi connectivity index (χ0) is 18.6. The van der Waals surface area contributed by atoms with Crippen molar-refractivity contribution in [3.63, 3.8) is 0 Å². The lowest BCUT2D eigenvalue weighted by Gasteiger charge is -2.30. The van der Waals surface area contributed by atoms with Crippen LogP contribution in [0.15, 0.2) is 23.1 Å². The number of benzene rings is 1. The van der Waals surface area contributed by atoms with Gasteiger partial charge in [-0.05, 0) is 49.9 Å². The third-order valence-corrected chi connectivity index (χ3v) is 6.47. The van der Waals surface area contributed by atoms with Gasteiger partial charge in [-0.3, -0.25) is 9.59 Å². The van der Waals surface area contributed by atoms with Crippen LogP contribution in [0, 0.1) is 19.8 Å². The predicted octanol–water partition coefficient (Wildman–Crippen LogP) is 1.30. The van der Waals surface area contributed by atoms with Gasteiger partial charge < -0.3 is 10.4 Å². The Morgan fingerprint density at radius 3 is 2.40 bits per heavy atom. The molecule has 1 aromatic carbocycles. The maximum atomic E-state index is 12.7. The van der Waals surface area contributed by atoms with E-state index in [9.17, 15) is 18.0 Å². The number of carbonyl (C=O) groups excluding carboxylic acids is 1. The molecule has 1 aliphatic heterocycles. The highest BCUT2D eigenvalue weighted by atomic mass is 32.2. The average molecular weight is 368 g/mol. The van der Waals surface area contributed by atoms with Crippen molar-refractivity contribution in [2.45, 2.75) is 38.0 Å². The van der Waals surface area contributed by atoms with Crippen LogP contribution in [-0.4, -0.2) is 49.3 Å². The maximum absolute atomic E-state index is 12.7. The van der Waals surface area contributed by atoms with Gasteiger partial charge in [-0.2, -0.15) is 4.31 Å². The molecular weight excluding hydrogens is 344 g/mol. The molecule has 8 heteroatoms. The highest BCUT2D eigenvalue weighted by molar-refractivity contribution is 7.89. The van der Waals surface area contributed by atoms with Crippen molar-refractivity contribution in [2.24, 2.45) is 5.92 Å². The third-order valence-electron chi connectivity index (χ3n) is 4.58. The van der Waals surface area contributed by atoms with Crippen LogP contribution < -0.4 is 5.32 Å². The monoisotopic (exact) mass is 368 g/mol. The van der Waals surface area contributed by atoms with Crippen LogP contribution in [-0.2, 0) is 19.6 Å². The Kier molecular flexibility index (Phi) is 6.18. The number of hydrogen-bond donors (Lipinski definition) is 2. The highest BCUT2D eigenvalue weighted by Gasteiger charge is 2.32. The number of carboxylic acid groups (broad SMARTS) is 1. The topological polar surface area (TPSA) is 104 Å². The lowest BCUT2D eigenvalue weighted by molar-refractivity contribution is -0.137. The summed E-state index contributed by atoms with van der Waals surface area (Å²) < 4.78 is 26.9. The van der Waals surface area contributed by atoms with Gasteiger partial charge in [0.15, 0.2) is 0 Å². The van der Waals surface area contributed by atoms with Gasteiger partial charge >= 0.3 is 5.97 Å². The smallest absolute Gasteiger partial charge is 0.305 e. The summed E-state index contributed by atoms with van der Waals surface area (Å²) in [6.07, 6.45) is 0.748. The molecule has 0 saturated carbocycles. The van der Waals surface area contributed by atoms with Crippen molar-refractivity contribution in [1.82, 2.24) is 9.62 Å². The fourth-order valence-corrected chi connectivity index (χ4v) is 4.37. The summed E-state index contributed by atoms with van der Waals surface area (Å²) in [7, 11) is -3.55. The molecule has 0 aliphatic carbocycles. The van der Waals surface area contributed by atoms with Gasteiger partial charge in [0.2, 0.25) is 15.9 Å². The first-order chi connectivity index (χ1) is 11.7. The lowest BCUT2D eigenvalue weighted by Crippen LogP contribution is -2.43. The van der Waals surface area contributed by atoms with E-state index in [1.807, 2.05) is 13.8 Å². The van der Waals surface area contributed by atoms with E-state index in [0.29, 0.717) is 12.8 Å². The number of sulfonamides is 1. The van der Waals surface area contributed by atoms with Crippen LogP contribution in [0.3, 0.4) is 0 Å². The Labute approximate surface area is 148 Å². The molecule has 7 nitrogen and oxygen atoms in total. The van der Waals surface area contributed by atoms with Gasteiger partial charge in [0.05, 0.1) is 11.3 Å². The Balaban J connectivity index is 1.95. The average Bonchev–Trinajstić information content (AvgIpc) is 2.57. The van der Waals surface area contributed by atoms with Crippen LogP contribution in [0.5, 0.6) is 0 Å². The van der Waals surface area contributed by atoms with Crippen molar-refractivity contribution in [3.05, 3.63) is 29.3 Å². The maximum Gasteiger partial charge on any atom is 0.305 e. The summed E-state index contributed by atoms with van der Waals surface area (Å²) in [6.45, 7) is 4.47. The second-order valence-electron chi connectivity index (χ2n) is 6.36. The van der Waals surface area contributed by atoms with Gasteiger partial charge in [0.25, 0.3) is 0 Å². The molecule has 0 atom stereocenters. The summed E-state index contributed by atoms with van der Waals surface area (Å²) in [5.74, 6) is -1.45. The number of aliphatic carboxylic acids is 1. The Morgan fingerprint density at radius 1 is 1.20 bits per heavy atom. The minimum Gasteiger partial charge on any atom is -0.481 e. The standard InChI is InChI=1S/C17H24N2O5S/c1-12-3-4-15(11-13(12)2)25(23,24)19-9-6-14(7-10-19)17(22)18-8-5-16(20)21/h3-4,11,14H,5-10H2,1-2H3,(H,18,22)(H,20,21). The number of nitrogens with one attached hydrogen (secondary N) is 1. The molecule has 0 bridgehead atoms. The van der Waals surface area contributed by atoms with E-state index in [2.05, 4.69) is 5.32 Å². The van der Waals surface area contributed by atoms with Gasteiger partial charge in [-0.15, -0.1) is 0 Å². The number of rotatable bonds is 6. The molecule has 25 heavy (non-hydrogen) atoms. The second-order valence-corrected chi connectivity index (χ2v) is 8.30. The Morgan fingerprint density at radius 2 is 1.84 bits per heavy atom. The molecule has 1 aliphatic rings. The summed E-state index contributed by atoms with van der Waals surface area (Å²) in [5.41, 5.74) is 1.96. The normalized spacial score (nSPS) is 16.6. The molecule has 2 rings (SSSR count). The quantitative estimate of drug-likeness (QED) is 0.787. The number of carboxylic acids is 1. The minimum atomic E-state index is -3.55. The van der Waals surface area contributed by atoms with Crippen LogP contribution in [0.2, 0.25) is 0 Å². The van der Waals surface area contributed by atoms with Crippen LogP contribution in [0.4, 0.5) is 0 Å². The number of amides is 1. The van der Waals surface area contributed by atoms with E-state index in [1.165, 1.54) is 4.31 Å². The zero-order valence-electron chi connectivity index (χ0n) is 14.5. The molecular formula is C17H24N2O5S. The van der Waals surface area contributed by atoms with E-state index >= 15 is 0 Å². The second kappa shape index (κ2) is 7.97. The van der Waals surface area contributed by atoms with E-state index in [-0.39, 0.29) is 42.8 Å². The van der Waals surface area contributed by atoms with E-state index in [0.717, 1.165) is 11.1 Å². The SMILES string of the molecule is Cc1ccc(S(=O)(=O)N2CCC(C(=O)NCCC(=O)O)CC2)cc1C. The van der Waals surface area contributed by atoms with E-state index in [1.54, 1.807) is 18.2 Å². The van der Waals surface area contributed by atoms with Crippen LogP contribution in [0.1, 0.15) is 30.4 Å². The van der Waals surface area contributed by atoms with Gasteiger partial charge in [-0.25, -0.2) is 8.42 Å². The molecule has 0 aromatic heterocycles. The van der Waals surface area contributed by atoms with Gasteiger partial charge in [0, 0.05) is 25.6 Å².